The number of benzene rings is 1. The highest BCUT2D eigenvalue weighted by Gasteiger charge is 2.08. The molecule has 0 saturated carbocycles. The number of phenols is 1. The quantitative estimate of drug-likeness (QED) is 0.741. The van der Waals surface area contributed by atoms with Crippen molar-refractivity contribution in [3.63, 3.8) is 0 Å². The summed E-state index contributed by atoms with van der Waals surface area (Å²) in [5, 5.41) is 13.2. The lowest BCUT2D eigenvalue weighted by molar-refractivity contribution is 0.316. The first-order valence-electron chi connectivity index (χ1n) is 5.79. The molecule has 17 heavy (non-hydrogen) atoms. The highest BCUT2D eigenvalue weighted by Crippen LogP contribution is 2.29. The second-order valence-corrected chi connectivity index (χ2v) is 3.89. The van der Waals surface area contributed by atoms with E-state index >= 15 is 0 Å². The van der Waals surface area contributed by atoms with Gasteiger partial charge in [0.25, 0.3) is 0 Å². The first-order valence-corrected chi connectivity index (χ1v) is 5.79. The van der Waals surface area contributed by atoms with Crippen molar-refractivity contribution in [3.05, 3.63) is 23.8 Å². The van der Waals surface area contributed by atoms with Crippen molar-refractivity contribution in [1.29, 1.82) is 0 Å². The second-order valence-electron chi connectivity index (χ2n) is 3.89. The van der Waals surface area contributed by atoms with Gasteiger partial charge in [0, 0.05) is 24.6 Å². The summed E-state index contributed by atoms with van der Waals surface area (Å²) in [7, 11) is 0. The van der Waals surface area contributed by atoms with Crippen LogP contribution in [0.25, 0.3) is 0 Å². The molecule has 0 aliphatic heterocycles. The molecule has 0 aliphatic carbocycles. The first kappa shape index (κ1) is 13.4. The Morgan fingerprint density at radius 3 is 2.94 bits per heavy atom. The number of hydrogen-bond acceptors (Lipinski definition) is 3. The zero-order chi connectivity index (χ0) is 12.7. The van der Waals surface area contributed by atoms with Gasteiger partial charge in [0.2, 0.25) is 0 Å². The van der Waals surface area contributed by atoms with Crippen molar-refractivity contribution in [3.8, 4) is 23.8 Å². The fourth-order valence-electron chi connectivity index (χ4n) is 1.52. The average Bonchev–Trinajstić information content (AvgIpc) is 2.31. The number of ether oxygens (including phenoxy) is 1. The van der Waals surface area contributed by atoms with Crippen LogP contribution in [0.15, 0.2) is 18.2 Å². The molecule has 92 valence electrons. The fraction of sp³-hybridized carbons (Fsp3) is 0.429. The van der Waals surface area contributed by atoms with E-state index in [1.165, 1.54) is 0 Å². The third-order valence-electron chi connectivity index (χ3n) is 2.45. The Kier molecular flexibility index (Phi) is 5.38. The van der Waals surface area contributed by atoms with E-state index in [2.05, 4.69) is 11.2 Å². The molecule has 0 aliphatic rings. The number of nitrogens with one attached hydrogen (secondary N) is 1. The molecule has 1 aromatic rings. The van der Waals surface area contributed by atoms with Gasteiger partial charge >= 0.3 is 0 Å². The van der Waals surface area contributed by atoms with E-state index in [1.54, 1.807) is 6.07 Å². The van der Waals surface area contributed by atoms with Gasteiger partial charge in [-0.05, 0) is 19.9 Å². The zero-order valence-corrected chi connectivity index (χ0v) is 10.4. The maximum Gasteiger partial charge on any atom is 0.162 e. The topological polar surface area (TPSA) is 41.5 Å². The minimum atomic E-state index is 0.203. The lowest BCUT2D eigenvalue weighted by atomic mass is 10.1. The highest BCUT2D eigenvalue weighted by atomic mass is 16.5. The molecule has 0 heterocycles. The average molecular weight is 233 g/mol. The Morgan fingerprint density at radius 2 is 2.29 bits per heavy atom. The van der Waals surface area contributed by atoms with Crippen LogP contribution in [0.1, 0.15) is 25.8 Å². The van der Waals surface area contributed by atoms with Gasteiger partial charge in [-0.25, -0.2) is 0 Å². The Hall–Kier alpha value is -1.66. The summed E-state index contributed by atoms with van der Waals surface area (Å²) < 4.78 is 5.32. The fourth-order valence-corrected chi connectivity index (χ4v) is 1.52. The standard InChI is InChI=1S/C14H19NO2/c1-4-7-11(3)15-10-12-8-6-9-13(14(12)16)17-5-2/h1,6,8-9,11,15-16H,5,7,10H2,2-3H3. The Morgan fingerprint density at radius 1 is 1.53 bits per heavy atom. The number of para-hydroxylation sites is 1. The summed E-state index contributed by atoms with van der Waals surface area (Å²) in [6.07, 6.45) is 5.91. The molecule has 1 atom stereocenters. The number of hydrogen-bond donors (Lipinski definition) is 2. The van der Waals surface area contributed by atoms with E-state index in [0.717, 1.165) is 5.56 Å². The molecule has 0 spiro atoms. The molecule has 0 aromatic heterocycles. The normalized spacial score (nSPS) is 11.8. The van der Waals surface area contributed by atoms with Gasteiger partial charge in [-0.3, -0.25) is 0 Å². The third kappa shape index (κ3) is 4.01. The van der Waals surface area contributed by atoms with Gasteiger partial charge < -0.3 is 15.2 Å². The monoisotopic (exact) mass is 233 g/mol. The number of terminal acetylenes is 1. The van der Waals surface area contributed by atoms with Crippen molar-refractivity contribution in [2.45, 2.75) is 32.9 Å². The molecule has 0 fully saturated rings. The maximum atomic E-state index is 9.96. The molecule has 0 saturated heterocycles. The van der Waals surface area contributed by atoms with Crippen LogP contribution in [0.2, 0.25) is 0 Å². The van der Waals surface area contributed by atoms with E-state index in [9.17, 15) is 5.11 Å². The van der Waals surface area contributed by atoms with Crippen LogP contribution >= 0.6 is 0 Å². The van der Waals surface area contributed by atoms with Crippen LogP contribution in [0.3, 0.4) is 0 Å². The summed E-state index contributed by atoms with van der Waals surface area (Å²) >= 11 is 0. The molecule has 3 heteroatoms. The minimum absolute atomic E-state index is 0.203. The Labute approximate surface area is 103 Å². The van der Waals surface area contributed by atoms with Crippen LogP contribution in [0.5, 0.6) is 11.5 Å². The SMILES string of the molecule is C#CCC(C)NCc1cccc(OCC)c1O. The van der Waals surface area contributed by atoms with Crippen molar-refractivity contribution in [1.82, 2.24) is 5.32 Å². The van der Waals surface area contributed by atoms with E-state index < -0.39 is 0 Å². The Bertz CT molecular complexity index is 396. The van der Waals surface area contributed by atoms with Crippen LogP contribution < -0.4 is 10.1 Å². The van der Waals surface area contributed by atoms with Gasteiger partial charge in [0.05, 0.1) is 6.61 Å². The molecular formula is C14H19NO2. The third-order valence-corrected chi connectivity index (χ3v) is 2.45. The summed E-state index contributed by atoms with van der Waals surface area (Å²) in [4.78, 5) is 0. The predicted octanol–water partition coefficient (Wildman–Crippen LogP) is 2.29. The van der Waals surface area contributed by atoms with Gasteiger partial charge in [-0.15, -0.1) is 12.3 Å². The van der Waals surface area contributed by atoms with Crippen molar-refractivity contribution < 1.29 is 9.84 Å². The van der Waals surface area contributed by atoms with Gasteiger partial charge in [-0.2, -0.15) is 0 Å². The van der Waals surface area contributed by atoms with Crippen LogP contribution in [-0.2, 0) is 6.54 Å². The van der Waals surface area contributed by atoms with Crippen LogP contribution in [0.4, 0.5) is 0 Å². The second kappa shape index (κ2) is 6.82. The lowest BCUT2D eigenvalue weighted by Gasteiger charge is -2.13. The minimum Gasteiger partial charge on any atom is -0.504 e. The lowest BCUT2D eigenvalue weighted by Crippen LogP contribution is -2.24. The van der Waals surface area contributed by atoms with Crippen molar-refractivity contribution >= 4 is 0 Å². The van der Waals surface area contributed by atoms with Crippen molar-refractivity contribution in [2.24, 2.45) is 0 Å². The molecule has 1 rings (SSSR count). The van der Waals surface area contributed by atoms with E-state index in [-0.39, 0.29) is 11.8 Å². The van der Waals surface area contributed by atoms with Gasteiger partial charge in [-0.1, -0.05) is 12.1 Å². The van der Waals surface area contributed by atoms with Crippen LogP contribution in [0, 0.1) is 12.3 Å². The summed E-state index contributed by atoms with van der Waals surface area (Å²) in [6, 6.07) is 5.73. The predicted molar refractivity (Wildman–Crippen MR) is 69.0 cm³/mol. The van der Waals surface area contributed by atoms with E-state index in [1.807, 2.05) is 26.0 Å². The summed E-state index contributed by atoms with van der Waals surface area (Å²) in [5.74, 6) is 3.33. The van der Waals surface area contributed by atoms with Crippen molar-refractivity contribution in [2.75, 3.05) is 6.61 Å². The van der Waals surface area contributed by atoms with Crippen LogP contribution in [-0.4, -0.2) is 17.8 Å². The van der Waals surface area contributed by atoms with E-state index in [4.69, 9.17) is 11.2 Å². The number of rotatable bonds is 6. The first-order chi connectivity index (χ1) is 8.19. The molecule has 1 aromatic carbocycles. The molecule has 1 unspecified atom stereocenters. The van der Waals surface area contributed by atoms with E-state index in [0.29, 0.717) is 25.3 Å². The number of aromatic hydroxyl groups is 1. The number of phenolic OH excluding ortho intramolecular Hbond substituents is 1. The van der Waals surface area contributed by atoms with Gasteiger partial charge in [0.1, 0.15) is 0 Å². The molecule has 0 amide bonds. The highest BCUT2D eigenvalue weighted by molar-refractivity contribution is 5.45. The van der Waals surface area contributed by atoms with Gasteiger partial charge in [0.15, 0.2) is 11.5 Å². The maximum absolute atomic E-state index is 9.96. The molecule has 3 nitrogen and oxygen atoms in total. The molecule has 0 bridgehead atoms. The molecule has 2 N–H and O–H groups in total. The largest absolute Gasteiger partial charge is 0.504 e. The zero-order valence-electron chi connectivity index (χ0n) is 10.4. The summed E-state index contributed by atoms with van der Waals surface area (Å²) in [6.45, 7) is 5.02. The smallest absolute Gasteiger partial charge is 0.162 e. The molecule has 0 radical (unpaired) electrons. The molecular weight excluding hydrogens is 214 g/mol. The Balaban J connectivity index is 2.65. The summed E-state index contributed by atoms with van der Waals surface area (Å²) in [5.41, 5.74) is 0.819.